The minimum atomic E-state index is -0.175. The molecule has 0 aromatic heterocycles. The molecule has 2 unspecified atom stereocenters. The number of amides is 2. The number of methoxy groups -OCH3 is 1. The van der Waals surface area contributed by atoms with Gasteiger partial charge < -0.3 is 20.7 Å². The van der Waals surface area contributed by atoms with Gasteiger partial charge in [0.25, 0.3) is 0 Å². The normalized spacial score (nSPS) is 24.2. The molecule has 1 aromatic rings. The molecule has 2 saturated heterocycles. The van der Waals surface area contributed by atoms with Gasteiger partial charge in [0, 0.05) is 31.5 Å². The molecule has 2 fully saturated rings. The van der Waals surface area contributed by atoms with Gasteiger partial charge in [-0.3, -0.25) is 9.59 Å². The van der Waals surface area contributed by atoms with Crippen molar-refractivity contribution in [2.24, 2.45) is 5.92 Å². The lowest BCUT2D eigenvalue weighted by molar-refractivity contribution is -0.117. The Balaban J connectivity index is 0.00000225. The van der Waals surface area contributed by atoms with E-state index in [0.717, 1.165) is 12.8 Å². The van der Waals surface area contributed by atoms with Crippen molar-refractivity contribution >= 4 is 35.6 Å². The summed E-state index contributed by atoms with van der Waals surface area (Å²) in [6.07, 6.45) is 5.11. The highest BCUT2D eigenvalue weighted by atomic mass is 35.5. The van der Waals surface area contributed by atoms with Crippen molar-refractivity contribution in [3.05, 3.63) is 18.2 Å². The van der Waals surface area contributed by atoms with Gasteiger partial charge in [-0.15, -0.1) is 12.4 Å². The maximum Gasteiger partial charge on any atom is 0.224 e. The van der Waals surface area contributed by atoms with Crippen LogP contribution >= 0.6 is 12.4 Å². The van der Waals surface area contributed by atoms with E-state index in [1.54, 1.807) is 25.3 Å². The van der Waals surface area contributed by atoms with E-state index >= 15 is 0 Å². The molecule has 2 aliphatic rings. The first-order valence-electron chi connectivity index (χ1n) is 8.55. The first-order chi connectivity index (χ1) is 11.5. The summed E-state index contributed by atoms with van der Waals surface area (Å²) in [6.45, 7) is 1.45. The molecule has 0 radical (unpaired) electrons. The summed E-state index contributed by atoms with van der Waals surface area (Å²) in [5, 5.41) is 9.27. The van der Waals surface area contributed by atoms with Gasteiger partial charge in [0.15, 0.2) is 0 Å². The number of piperidine rings is 1. The van der Waals surface area contributed by atoms with Crippen LogP contribution in [0.4, 0.5) is 11.4 Å². The summed E-state index contributed by atoms with van der Waals surface area (Å²) in [6, 6.07) is 6.38. The van der Waals surface area contributed by atoms with E-state index in [4.69, 9.17) is 4.74 Å². The fourth-order valence-corrected chi connectivity index (χ4v) is 3.86. The van der Waals surface area contributed by atoms with Gasteiger partial charge in [-0.2, -0.15) is 0 Å². The summed E-state index contributed by atoms with van der Waals surface area (Å²) in [5.41, 5.74) is 1.16. The van der Waals surface area contributed by atoms with Crippen LogP contribution in [-0.2, 0) is 9.59 Å². The van der Waals surface area contributed by atoms with Crippen LogP contribution in [-0.4, -0.2) is 31.0 Å². The number of hydrogen-bond donors (Lipinski definition) is 3. The first-order valence-corrected chi connectivity index (χ1v) is 8.55. The highest BCUT2D eigenvalue weighted by Crippen LogP contribution is 2.33. The van der Waals surface area contributed by atoms with Crippen molar-refractivity contribution in [2.45, 2.75) is 51.1 Å². The second-order valence-electron chi connectivity index (χ2n) is 6.82. The Morgan fingerprint density at radius 1 is 1.16 bits per heavy atom. The second-order valence-corrected chi connectivity index (χ2v) is 6.82. The van der Waals surface area contributed by atoms with Crippen LogP contribution in [0.5, 0.6) is 5.75 Å². The number of rotatable bonds is 5. The van der Waals surface area contributed by atoms with Crippen LogP contribution in [0.15, 0.2) is 18.2 Å². The van der Waals surface area contributed by atoms with Gasteiger partial charge in [-0.1, -0.05) is 0 Å². The summed E-state index contributed by atoms with van der Waals surface area (Å²) >= 11 is 0. The summed E-state index contributed by atoms with van der Waals surface area (Å²) < 4.78 is 5.21. The molecule has 6 nitrogen and oxygen atoms in total. The molecule has 7 heteroatoms. The van der Waals surface area contributed by atoms with Gasteiger partial charge in [-0.25, -0.2) is 0 Å². The molecule has 0 aliphatic carbocycles. The SMILES string of the molecule is COc1ccc(NC(C)=O)c(NC(=O)CC2CC3CCC(C2)N3)c1.Cl. The largest absolute Gasteiger partial charge is 0.497 e. The fourth-order valence-electron chi connectivity index (χ4n) is 3.86. The van der Waals surface area contributed by atoms with Gasteiger partial charge in [0.1, 0.15) is 5.75 Å². The van der Waals surface area contributed by atoms with Crippen molar-refractivity contribution in [1.82, 2.24) is 5.32 Å². The number of halogens is 1. The minimum absolute atomic E-state index is 0. The average molecular weight is 368 g/mol. The number of carbonyl (C=O) groups excluding carboxylic acids is 2. The van der Waals surface area contributed by atoms with Gasteiger partial charge in [0.05, 0.1) is 18.5 Å². The van der Waals surface area contributed by atoms with Crippen molar-refractivity contribution in [2.75, 3.05) is 17.7 Å². The van der Waals surface area contributed by atoms with Crippen LogP contribution in [0.2, 0.25) is 0 Å². The van der Waals surface area contributed by atoms with Crippen LogP contribution < -0.4 is 20.7 Å². The van der Waals surface area contributed by atoms with Crippen molar-refractivity contribution in [1.29, 1.82) is 0 Å². The fraction of sp³-hybridized carbons (Fsp3) is 0.556. The minimum Gasteiger partial charge on any atom is -0.497 e. The molecule has 2 amide bonds. The zero-order chi connectivity index (χ0) is 17.1. The Morgan fingerprint density at radius 2 is 1.84 bits per heavy atom. The predicted octanol–water partition coefficient (Wildman–Crippen LogP) is 2.93. The Bertz CT molecular complexity index is 626. The summed E-state index contributed by atoms with van der Waals surface area (Å²) in [5.74, 6) is 0.879. The number of benzene rings is 1. The maximum atomic E-state index is 12.5. The van der Waals surface area contributed by atoms with E-state index in [9.17, 15) is 9.59 Å². The third kappa shape index (κ3) is 5.09. The molecule has 3 rings (SSSR count). The molecule has 3 N–H and O–H groups in total. The van der Waals surface area contributed by atoms with Crippen molar-refractivity contribution in [3.63, 3.8) is 0 Å². The zero-order valence-electron chi connectivity index (χ0n) is 14.6. The zero-order valence-corrected chi connectivity index (χ0v) is 15.4. The van der Waals surface area contributed by atoms with E-state index < -0.39 is 0 Å². The number of fused-ring (bicyclic) bond motifs is 2. The van der Waals surface area contributed by atoms with Crippen LogP contribution in [0.25, 0.3) is 0 Å². The monoisotopic (exact) mass is 367 g/mol. The molecular formula is C18H26ClN3O3. The Labute approximate surface area is 154 Å². The second kappa shape index (κ2) is 8.54. The lowest BCUT2D eigenvalue weighted by Gasteiger charge is -2.28. The highest BCUT2D eigenvalue weighted by molar-refractivity contribution is 5.99. The number of nitrogens with one attached hydrogen (secondary N) is 3. The molecule has 2 atom stereocenters. The van der Waals surface area contributed by atoms with Gasteiger partial charge in [0.2, 0.25) is 11.8 Å². The molecule has 0 saturated carbocycles. The van der Waals surface area contributed by atoms with E-state index in [-0.39, 0.29) is 24.2 Å². The van der Waals surface area contributed by atoms with Gasteiger partial charge in [-0.05, 0) is 43.7 Å². The summed E-state index contributed by atoms with van der Waals surface area (Å²) in [7, 11) is 1.57. The first kappa shape index (κ1) is 19.5. The molecule has 2 heterocycles. The van der Waals surface area contributed by atoms with Crippen LogP contribution in [0.1, 0.15) is 39.0 Å². The summed E-state index contributed by atoms with van der Waals surface area (Å²) in [4.78, 5) is 23.8. The number of hydrogen-bond acceptors (Lipinski definition) is 4. The number of ether oxygens (including phenoxy) is 1. The molecule has 2 aliphatic heterocycles. The standard InChI is InChI=1S/C18H25N3O3.ClH/c1-11(22)19-16-6-5-15(24-2)10-17(16)21-18(23)9-12-7-13-3-4-14(8-12)20-13;/h5-6,10,12-14,20H,3-4,7-9H2,1-2H3,(H,19,22)(H,21,23);1H. The molecular weight excluding hydrogens is 342 g/mol. The lowest BCUT2D eigenvalue weighted by atomic mass is 9.89. The van der Waals surface area contributed by atoms with Crippen LogP contribution in [0, 0.1) is 5.92 Å². The van der Waals surface area contributed by atoms with E-state index in [2.05, 4.69) is 16.0 Å². The molecule has 25 heavy (non-hydrogen) atoms. The maximum absolute atomic E-state index is 12.5. The quantitative estimate of drug-likeness (QED) is 0.747. The highest BCUT2D eigenvalue weighted by Gasteiger charge is 2.34. The molecule has 138 valence electrons. The predicted molar refractivity (Wildman–Crippen MR) is 100 cm³/mol. The average Bonchev–Trinajstić information content (AvgIpc) is 2.87. The Kier molecular flexibility index (Phi) is 6.67. The third-order valence-electron chi connectivity index (χ3n) is 4.86. The lowest BCUT2D eigenvalue weighted by Crippen LogP contribution is -2.39. The van der Waals surface area contributed by atoms with Gasteiger partial charge >= 0.3 is 0 Å². The topological polar surface area (TPSA) is 79.5 Å². The number of carbonyl (C=O) groups is 2. The van der Waals surface area contributed by atoms with E-state index in [0.29, 0.717) is 41.5 Å². The van der Waals surface area contributed by atoms with E-state index in [1.807, 2.05) is 0 Å². The molecule has 0 spiro atoms. The molecule has 1 aromatic carbocycles. The third-order valence-corrected chi connectivity index (χ3v) is 4.86. The van der Waals surface area contributed by atoms with Crippen molar-refractivity contribution < 1.29 is 14.3 Å². The van der Waals surface area contributed by atoms with Crippen molar-refractivity contribution in [3.8, 4) is 5.75 Å². The smallest absolute Gasteiger partial charge is 0.224 e. The van der Waals surface area contributed by atoms with Crippen LogP contribution in [0.3, 0.4) is 0 Å². The molecule has 2 bridgehead atoms. The van der Waals surface area contributed by atoms with E-state index in [1.165, 1.54) is 19.8 Å². The Morgan fingerprint density at radius 3 is 2.44 bits per heavy atom. The number of anilines is 2. The Hall–Kier alpha value is -1.79.